The predicted octanol–water partition coefficient (Wildman–Crippen LogP) is 5.30. The maximum absolute atomic E-state index is 4.47. The van der Waals surface area contributed by atoms with Crippen molar-refractivity contribution >= 4 is 10.9 Å². The van der Waals surface area contributed by atoms with Gasteiger partial charge in [-0.2, -0.15) is 0 Å². The van der Waals surface area contributed by atoms with Gasteiger partial charge in [0.25, 0.3) is 0 Å². The summed E-state index contributed by atoms with van der Waals surface area (Å²) in [7, 11) is 0. The van der Waals surface area contributed by atoms with Crippen molar-refractivity contribution in [3.05, 3.63) is 64.6 Å². The van der Waals surface area contributed by atoms with Crippen LogP contribution in [0, 0.1) is 19.8 Å². The third-order valence-electron chi connectivity index (χ3n) is 6.35. The van der Waals surface area contributed by atoms with E-state index >= 15 is 0 Å². The highest BCUT2D eigenvalue weighted by Crippen LogP contribution is 2.32. The molecule has 3 nitrogen and oxygen atoms in total. The molecule has 3 heterocycles. The van der Waals surface area contributed by atoms with E-state index in [1.807, 2.05) is 13.1 Å². The Morgan fingerprint density at radius 2 is 2.00 bits per heavy atom. The molecule has 0 bridgehead atoms. The molecule has 0 spiro atoms. The second kappa shape index (κ2) is 8.08. The Bertz CT molecular complexity index is 952. The van der Waals surface area contributed by atoms with E-state index in [1.165, 1.54) is 41.5 Å². The van der Waals surface area contributed by atoms with Crippen LogP contribution in [0.15, 0.2) is 36.5 Å². The Hall–Kier alpha value is -2.13. The fraction of sp³-hybridized carbons (Fsp3) is 0.480. The molecular formula is C25H33N3. The van der Waals surface area contributed by atoms with E-state index in [-0.39, 0.29) is 0 Å². The fourth-order valence-corrected chi connectivity index (χ4v) is 4.49. The average molecular weight is 376 g/mol. The summed E-state index contributed by atoms with van der Waals surface area (Å²) in [6.45, 7) is 13.5. The van der Waals surface area contributed by atoms with Crippen LogP contribution < -0.4 is 0 Å². The van der Waals surface area contributed by atoms with E-state index in [2.05, 4.69) is 65.6 Å². The molecule has 1 aliphatic heterocycles. The van der Waals surface area contributed by atoms with Gasteiger partial charge < -0.3 is 4.57 Å². The number of benzene rings is 1. The van der Waals surface area contributed by atoms with Gasteiger partial charge in [-0.1, -0.05) is 38.0 Å². The first-order valence-corrected chi connectivity index (χ1v) is 10.8. The number of pyridine rings is 1. The van der Waals surface area contributed by atoms with Crippen LogP contribution >= 0.6 is 0 Å². The molecular weight excluding hydrogens is 342 g/mol. The highest BCUT2D eigenvalue weighted by atomic mass is 15.1. The van der Waals surface area contributed by atoms with Crippen molar-refractivity contribution in [2.24, 2.45) is 5.92 Å². The van der Waals surface area contributed by atoms with Crippen LogP contribution in [0.3, 0.4) is 0 Å². The Labute approximate surface area is 169 Å². The number of hydrogen-bond acceptors (Lipinski definition) is 2. The monoisotopic (exact) mass is 375 g/mol. The SMILES string of the molecule is CCC(C)CN1CCc2c(c3cc(C)ccc3n2CCc2ccc(C)nc2)C1. The first kappa shape index (κ1) is 19.2. The van der Waals surface area contributed by atoms with Crippen LogP contribution in [0.2, 0.25) is 0 Å². The second-order valence-electron chi connectivity index (χ2n) is 8.65. The maximum Gasteiger partial charge on any atom is 0.0486 e. The zero-order chi connectivity index (χ0) is 19.7. The lowest BCUT2D eigenvalue weighted by atomic mass is 10.0. The molecule has 0 amide bonds. The zero-order valence-electron chi connectivity index (χ0n) is 17.8. The van der Waals surface area contributed by atoms with Gasteiger partial charge in [0.2, 0.25) is 0 Å². The number of hydrogen-bond donors (Lipinski definition) is 0. The van der Waals surface area contributed by atoms with Crippen molar-refractivity contribution in [1.82, 2.24) is 14.5 Å². The molecule has 1 aromatic carbocycles. The highest BCUT2D eigenvalue weighted by Gasteiger charge is 2.24. The third kappa shape index (κ3) is 3.86. The number of nitrogens with zero attached hydrogens (tertiary/aromatic N) is 3. The molecule has 28 heavy (non-hydrogen) atoms. The standard InChI is InChI=1S/C25H33N3/c1-5-18(2)16-27-12-11-25-23(17-27)22-14-19(3)6-9-24(22)28(25)13-10-21-8-7-20(4)26-15-21/h6-9,14-15,18H,5,10-13,16-17H2,1-4H3. The van der Waals surface area contributed by atoms with Gasteiger partial charge in [-0.25, -0.2) is 0 Å². The van der Waals surface area contributed by atoms with E-state index in [4.69, 9.17) is 0 Å². The van der Waals surface area contributed by atoms with Gasteiger partial charge >= 0.3 is 0 Å². The molecule has 1 unspecified atom stereocenters. The number of rotatable bonds is 6. The third-order valence-corrected chi connectivity index (χ3v) is 6.35. The summed E-state index contributed by atoms with van der Waals surface area (Å²) in [6, 6.07) is 11.3. The average Bonchev–Trinajstić information content (AvgIpc) is 3.00. The van der Waals surface area contributed by atoms with E-state index < -0.39 is 0 Å². The van der Waals surface area contributed by atoms with Crippen LogP contribution in [0.5, 0.6) is 0 Å². The fourth-order valence-electron chi connectivity index (χ4n) is 4.49. The van der Waals surface area contributed by atoms with E-state index in [0.29, 0.717) is 0 Å². The first-order chi connectivity index (χ1) is 13.5. The lowest BCUT2D eigenvalue weighted by Gasteiger charge is -2.30. The van der Waals surface area contributed by atoms with E-state index in [0.717, 1.165) is 37.5 Å². The quantitative estimate of drug-likeness (QED) is 0.583. The van der Waals surface area contributed by atoms with Gasteiger partial charge in [-0.05, 0) is 55.5 Å². The maximum atomic E-state index is 4.47. The molecule has 0 N–H and O–H groups in total. The van der Waals surface area contributed by atoms with Crippen molar-refractivity contribution in [2.45, 2.75) is 60.0 Å². The smallest absolute Gasteiger partial charge is 0.0486 e. The molecule has 0 fully saturated rings. The lowest BCUT2D eigenvalue weighted by molar-refractivity contribution is 0.216. The molecule has 0 radical (unpaired) electrons. The largest absolute Gasteiger partial charge is 0.344 e. The van der Waals surface area contributed by atoms with Crippen molar-refractivity contribution in [1.29, 1.82) is 0 Å². The number of fused-ring (bicyclic) bond motifs is 3. The molecule has 0 saturated heterocycles. The van der Waals surface area contributed by atoms with Crippen LogP contribution in [0.4, 0.5) is 0 Å². The van der Waals surface area contributed by atoms with Crippen LogP contribution in [0.25, 0.3) is 10.9 Å². The molecule has 3 heteroatoms. The van der Waals surface area contributed by atoms with Crippen molar-refractivity contribution in [3.8, 4) is 0 Å². The van der Waals surface area contributed by atoms with Crippen LogP contribution in [-0.2, 0) is 25.9 Å². The topological polar surface area (TPSA) is 21.1 Å². The Balaban J connectivity index is 1.65. The van der Waals surface area contributed by atoms with Gasteiger partial charge in [-0.3, -0.25) is 9.88 Å². The molecule has 1 atom stereocenters. The summed E-state index contributed by atoms with van der Waals surface area (Å²) in [5, 5.41) is 1.46. The van der Waals surface area contributed by atoms with E-state index in [1.54, 1.807) is 11.3 Å². The first-order valence-electron chi connectivity index (χ1n) is 10.8. The van der Waals surface area contributed by atoms with Gasteiger partial charge in [0.1, 0.15) is 0 Å². The highest BCUT2D eigenvalue weighted by molar-refractivity contribution is 5.86. The zero-order valence-corrected chi connectivity index (χ0v) is 17.8. The second-order valence-corrected chi connectivity index (χ2v) is 8.65. The van der Waals surface area contributed by atoms with Crippen LogP contribution in [-0.4, -0.2) is 27.5 Å². The van der Waals surface area contributed by atoms with Crippen molar-refractivity contribution < 1.29 is 0 Å². The minimum Gasteiger partial charge on any atom is -0.344 e. The summed E-state index contributed by atoms with van der Waals surface area (Å²) >= 11 is 0. The summed E-state index contributed by atoms with van der Waals surface area (Å²) < 4.78 is 2.59. The molecule has 1 aliphatic rings. The Morgan fingerprint density at radius 3 is 2.75 bits per heavy atom. The van der Waals surface area contributed by atoms with Crippen LogP contribution in [0.1, 0.15) is 48.3 Å². The molecule has 3 aromatic rings. The predicted molar refractivity (Wildman–Crippen MR) is 118 cm³/mol. The summed E-state index contributed by atoms with van der Waals surface area (Å²) in [5.41, 5.74) is 8.29. The van der Waals surface area contributed by atoms with Crippen molar-refractivity contribution in [3.63, 3.8) is 0 Å². The summed E-state index contributed by atoms with van der Waals surface area (Å²) in [4.78, 5) is 7.13. The Morgan fingerprint density at radius 1 is 1.14 bits per heavy atom. The van der Waals surface area contributed by atoms with Gasteiger partial charge in [0, 0.05) is 61.1 Å². The molecule has 0 saturated carbocycles. The van der Waals surface area contributed by atoms with Gasteiger partial charge in [0.15, 0.2) is 0 Å². The summed E-state index contributed by atoms with van der Waals surface area (Å²) in [6.07, 6.45) is 5.49. The molecule has 0 aliphatic carbocycles. The van der Waals surface area contributed by atoms with E-state index in [9.17, 15) is 0 Å². The summed E-state index contributed by atoms with van der Waals surface area (Å²) in [5.74, 6) is 0.769. The normalized spacial score (nSPS) is 15.7. The minimum atomic E-state index is 0.769. The Kier molecular flexibility index (Phi) is 5.54. The lowest BCUT2D eigenvalue weighted by Crippen LogP contribution is -2.34. The number of aromatic nitrogens is 2. The molecule has 2 aromatic heterocycles. The molecule has 4 rings (SSSR count). The van der Waals surface area contributed by atoms with Gasteiger partial charge in [-0.15, -0.1) is 0 Å². The van der Waals surface area contributed by atoms with Crippen molar-refractivity contribution in [2.75, 3.05) is 13.1 Å². The molecule has 148 valence electrons. The minimum absolute atomic E-state index is 0.769. The van der Waals surface area contributed by atoms with Gasteiger partial charge in [0.05, 0.1) is 0 Å². The number of aryl methyl sites for hydroxylation is 4.